The number of methoxy groups -OCH3 is 2. The summed E-state index contributed by atoms with van der Waals surface area (Å²) >= 11 is 5.10. The Bertz CT molecular complexity index is 1070. The molecule has 1 saturated heterocycles. The van der Waals surface area contributed by atoms with E-state index < -0.39 is 0 Å². The first kappa shape index (κ1) is 21.9. The average molecular weight is 505 g/mol. The topological polar surface area (TPSA) is 66.9 Å². The lowest BCUT2D eigenvalue weighted by Crippen LogP contribution is -2.48. The first-order valence-corrected chi connectivity index (χ1v) is 11.7. The summed E-state index contributed by atoms with van der Waals surface area (Å²) in [6.45, 7) is 5.12. The molecule has 164 valence electrons. The molecule has 1 aromatic heterocycles. The Morgan fingerprint density at radius 3 is 2.61 bits per heavy atom. The molecule has 1 amide bonds. The van der Waals surface area contributed by atoms with Gasteiger partial charge in [0.1, 0.15) is 5.52 Å². The fraction of sp³-hybridized carbons (Fsp3) is 0.364. The van der Waals surface area contributed by atoms with Gasteiger partial charge in [0, 0.05) is 43.7 Å². The Kier molecular flexibility index (Phi) is 6.94. The van der Waals surface area contributed by atoms with Crippen molar-refractivity contribution in [3.8, 4) is 11.5 Å². The molecule has 4 rings (SSSR count). The van der Waals surface area contributed by atoms with Crippen molar-refractivity contribution in [2.45, 2.75) is 0 Å². The molecule has 0 saturated carbocycles. The van der Waals surface area contributed by atoms with Crippen LogP contribution in [-0.2, 0) is 0 Å². The number of carbonyl (C=O) groups is 1. The van der Waals surface area contributed by atoms with E-state index in [1.54, 1.807) is 25.6 Å². The van der Waals surface area contributed by atoms with Gasteiger partial charge in [0.25, 0.3) is 5.91 Å². The first-order valence-electron chi connectivity index (χ1n) is 10.1. The maximum Gasteiger partial charge on any atom is 0.252 e. The van der Waals surface area contributed by atoms with E-state index in [-0.39, 0.29) is 5.91 Å². The van der Waals surface area contributed by atoms with Crippen LogP contribution in [0.1, 0.15) is 10.4 Å². The summed E-state index contributed by atoms with van der Waals surface area (Å²) in [6, 6.07) is 11.4. The highest BCUT2D eigenvalue weighted by Gasteiger charge is 2.22. The number of hydrogen-bond donors (Lipinski definition) is 1. The number of hydrogen-bond acceptors (Lipinski definition) is 7. The van der Waals surface area contributed by atoms with E-state index >= 15 is 0 Å². The van der Waals surface area contributed by atoms with Gasteiger partial charge in [0.2, 0.25) is 0 Å². The maximum absolute atomic E-state index is 12.3. The zero-order valence-corrected chi connectivity index (χ0v) is 20.0. The van der Waals surface area contributed by atoms with Gasteiger partial charge in [0.05, 0.1) is 24.5 Å². The monoisotopic (exact) mass is 504 g/mol. The van der Waals surface area contributed by atoms with Crippen molar-refractivity contribution in [3.63, 3.8) is 0 Å². The molecular formula is C22H25BrN4O3S. The van der Waals surface area contributed by atoms with E-state index in [0.717, 1.165) is 52.5 Å². The number of anilines is 1. The molecule has 3 aromatic rings. The molecule has 0 atom stereocenters. The van der Waals surface area contributed by atoms with E-state index in [0.29, 0.717) is 23.6 Å². The lowest BCUT2D eigenvalue weighted by atomic mass is 10.2. The van der Waals surface area contributed by atoms with Crippen molar-refractivity contribution in [2.75, 3.05) is 58.4 Å². The number of piperazine rings is 1. The zero-order valence-electron chi connectivity index (χ0n) is 17.6. The zero-order chi connectivity index (χ0) is 21.8. The third kappa shape index (κ3) is 4.78. The minimum absolute atomic E-state index is 0.0510. The molecule has 1 aliphatic rings. The Morgan fingerprint density at radius 1 is 1.13 bits per heavy atom. The molecule has 0 spiro atoms. The van der Waals surface area contributed by atoms with Crippen LogP contribution in [0.5, 0.6) is 11.5 Å². The van der Waals surface area contributed by atoms with Gasteiger partial charge in [-0.2, -0.15) is 0 Å². The SMILES string of the molecule is COc1ccc2sc(N3CCN(CCNC(=O)c4ccccc4Br)CC3)nc2c1OC. The summed E-state index contributed by atoms with van der Waals surface area (Å²) in [5.74, 6) is 1.33. The van der Waals surface area contributed by atoms with Crippen LogP contribution >= 0.6 is 27.3 Å². The third-order valence-electron chi connectivity index (χ3n) is 5.37. The molecule has 1 N–H and O–H groups in total. The lowest BCUT2D eigenvalue weighted by molar-refractivity contribution is 0.0947. The predicted octanol–water partition coefficient (Wildman–Crippen LogP) is 3.63. The largest absolute Gasteiger partial charge is 0.493 e. The number of rotatable bonds is 7. The van der Waals surface area contributed by atoms with E-state index in [1.165, 1.54) is 0 Å². The molecule has 0 bridgehead atoms. The summed E-state index contributed by atoms with van der Waals surface area (Å²) in [6.07, 6.45) is 0. The Labute approximate surface area is 194 Å². The summed E-state index contributed by atoms with van der Waals surface area (Å²) in [5, 5.41) is 4.01. The van der Waals surface area contributed by atoms with E-state index in [9.17, 15) is 4.79 Å². The van der Waals surface area contributed by atoms with Crippen LogP contribution < -0.4 is 19.7 Å². The molecule has 0 unspecified atom stereocenters. The van der Waals surface area contributed by atoms with Crippen LogP contribution in [0.2, 0.25) is 0 Å². The number of benzene rings is 2. The number of carbonyl (C=O) groups excluding carboxylic acids is 1. The molecule has 0 aliphatic carbocycles. The van der Waals surface area contributed by atoms with Crippen LogP contribution in [-0.4, -0.2) is 69.3 Å². The van der Waals surface area contributed by atoms with Gasteiger partial charge in [0.15, 0.2) is 16.6 Å². The highest BCUT2D eigenvalue weighted by atomic mass is 79.9. The summed E-state index contributed by atoms with van der Waals surface area (Å²) in [5.41, 5.74) is 1.51. The fourth-order valence-corrected chi connectivity index (χ4v) is 5.15. The molecule has 1 aliphatic heterocycles. The van der Waals surface area contributed by atoms with Crippen molar-refractivity contribution in [3.05, 3.63) is 46.4 Å². The van der Waals surface area contributed by atoms with Gasteiger partial charge < -0.3 is 19.7 Å². The molecule has 7 nitrogen and oxygen atoms in total. The number of thiazole rings is 1. The number of ether oxygens (including phenoxy) is 2. The van der Waals surface area contributed by atoms with Crippen molar-refractivity contribution < 1.29 is 14.3 Å². The number of nitrogens with one attached hydrogen (secondary N) is 1. The van der Waals surface area contributed by atoms with Crippen molar-refractivity contribution in [1.82, 2.24) is 15.2 Å². The number of fused-ring (bicyclic) bond motifs is 1. The van der Waals surface area contributed by atoms with Crippen molar-refractivity contribution in [2.24, 2.45) is 0 Å². The van der Waals surface area contributed by atoms with Gasteiger partial charge in [-0.15, -0.1) is 0 Å². The van der Waals surface area contributed by atoms with Crippen LogP contribution in [0.15, 0.2) is 40.9 Å². The number of amides is 1. The summed E-state index contributed by atoms with van der Waals surface area (Å²) < 4.78 is 12.8. The number of nitrogens with zero attached hydrogens (tertiary/aromatic N) is 3. The molecule has 1 fully saturated rings. The van der Waals surface area contributed by atoms with Crippen LogP contribution in [0, 0.1) is 0 Å². The Hall–Kier alpha value is -2.36. The second kappa shape index (κ2) is 9.84. The minimum Gasteiger partial charge on any atom is -0.493 e. The van der Waals surface area contributed by atoms with Crippen LogP contribution in [0.4, 0.5) is 5.13 Å². The maximum atomic E-state index is 12.3. The summed E-state index contributed by atoms with van der Waals surface area (Å²) in [4.78, 5) is 21.8. The highest BCUT2D eigenvalue weighted by Crippen LogP contribution is 2.40. The molecule has 9 heteroatoms. The Balaban J connectivity index is 1.31. The molecular weight excluding hydrogens is 480 g/mol. The van der Waals surface area contributed by atoms with E-state index in [4.69, 9.17) is 14.5 Å². The number of halogens is 1. The summed E-state index contributed by atoms with van der Waals surface area (Å²) in [7, 11) is 3.28. The average Bonchev–Trinajstić information content (AvgIpc) is 3.23. The van der Waals surface area contributed by atoms with Crippen molar-refractivity contribution >= 4 is 48.5 Å². The fourth-order valence-electron chi connectivity index (χ4n) is 3.66. The van der Waals surface area contributed by atoms with E-state index in [2.05, 4.69) is 31.0 Å². The van der Waals surface area contributed by atoms with Gasteiger partial charge in [-0.25, -0.2) is 4.98 Å². The normalized spacial score (nSPS) is 14.6. The second-order valence-corrected chi connectivity index (χ2v) is 9.07. The predicted molar refractivity (Wildman–Crippen MR) is 128 cm³/mol. The second-order valence-electron chi connectivity index (χ2n) is 7.21. The van der Waals surface area contributed by atoms with Crippen molar-refractivity contribution in [1.29, 1.82) is 0 Å². The lowest BCUT2D eigenvalue weighted by Gasteiger charge is -2.34. The molecule has 2 heterocycles. The van der Waals surface area contributed by atoms with Gasteiger partial charge in [-0.1, -0.05) is 23.5 Å². The van der Waals surface area contributed by atoms with E-state index in [1.807, 2.05) is 36.4 Å². The number of aromatic nitrogens is 1. The standard InChI is InChI=1S/C22H25BrN4O3S/c1-29-17-7-8-18-19(20(17)30-2)25-22(31-18)27-13-11-26(12-14-27)10-9-24-21(28)15-5-3-4-6-16(15)23/h3-8H,9-14H2,1-2H3,(H,24,28). The third-order valence-corrected chi connectivity index (χ3v) is 7.14. The van der Waals surface area contributed by atoms with Crippen LogP contribution in [0.3, 0.4) is 0 Å². The minimum atomic E-state index is -0.0510. The first-order chi connectivity index (χ1) is 15.1. The highest BCUT2D eigenvalue weighted by molar-refractivity contribution is 9.10. The Morgan fingerprint density at radius 2 is 1.90 bits per heavy atom. The molecule has 0 radical (unpaired) electrons. The molecule has 2 aromatic carbocycles. The van der Waals surface area contributed by atoms with Gasteiger partial charge in [-0.3, -0.25) is 9.69 Å². The smallest absolute Gasteiger partial charge is 0.252 e. The molecule has 31 heavy (non-hydrogen) atoms. The van der Waals surface area contributed by atoms with Crippen LogP contribution in [0.25, 0.3) is 10.2 Å². The quantitative estimate of drug-likeness (QED) is 0.529. The van der Waals surface area contributed by atoms with Gasteiger partial charge >= 0.3 is 0 Å². The van der Waals surface area contributed by atoms with Gasteiger partial charge in [-0.05, 0) is 40.2 Å².